The molecule has 1 aromatic rings. The van der Waals surface area contributed by atoms with E-state index in [1.165, 1.54) is 5.56 Å². The number of hydrogen-bond acceptors (Lipinski definition) is 4. The number of ether oxygens (including phenoxy) is 1. The number of benzene rings is 1. The van der Waals surface area contributed by atoms with E-state index >= 15 is 0 Å². The zero-order chi connectivity index (χ0) is 18.1. The summed E-state index contributed by atoms with van der Waals surface area (Å²) in [6, 6.07) is 10.4. The van der Waals surface area contributed by atoms with Crippen LogP contribution in [0.25, 0.3) is 0 Å². The van der Waals surface area contributed by atoms with Gasteiger partial charge in [0.25, 0.3) is 5.91 Å². The van der Waals surface area contributed by atoms with Gasteiger partial charge in [-0.05, 0) is 37.8 Å². The molecule has 2 rings (SSSR count). The normalized spacial score (nSPS) is 16.4. The van der Waals surface area contributed by atoms with Gasteiger partial charge < -0.3 is 15.0 Å². The van der Waals surface area contributed by atoms with Crippen LogP contribution < -0.4 is 10.2 Å². The zero-order valence-electron chi connectivity index (χ0n) is 15.1. The van der Waals surface area contributed by atoms with Gasteiger partial charge in [-0.3, -0.25) is 4.79 Å². The highest BCUT2D eigenvalue weighted by Crippen LogP contribution is 2.32. The summed E-state index contributed by atoms with van der Waals surface area (Å²) in [5.41, 5.74) is 2.45. The fourth-order valence-electron chi connectivity index (χ4n) is 2.88. The first-order valence-electron chi connectivity index (χ1n) is 9.01. The number of carbonyl (C=O) groups is 1. The minimum atomic E-state index is -0.326. The van der Waals surface area contributed by atoms with Crippen LogP contribution in [0.4, 0.5) is 5.69 Å². The number of carbonyl (C=O) groups excluding carboxylic acids is 1. The summed E-state index contributed by atoms with van der Waals surface area (Å²) in [7, 11) is 0. The van der Waals surface area contributed by atoms with Gasteiger partial charge in [0.2, 0.25) is 0 Å². The maximum absolute atomic E-state index is 12.2. The molecule has 1 N–H and O–H groups in total. The van der Waals surface area contributed by atoms with Crippen LogP contribution in [-0.4, -0.2) is 31.7 Å². The van der Waals surface area contributed by atoms with E-state index in [9.17, 15) is 10.1 Å². The van der Waals surface area contributed by atoms with Crippen molar-refractivity contribution in [3.05, 3.63) is 41.6 Å². The van der Waals surface area contributed by atoms with Crippen molar-refractivity contribution in [3.8, 4) is 6.07 Å². The molecular weight excluding hydrogens is 314 g/mol. The molecule has 0 fully saturated rings. The number of para-hydroxylation sites is 1. The predicted molar refractivity (Wildman–Crippen MR) is 99.1 cm³/mol. The van der Waals surface area contributed by atoms with Crippen LogP contribution in [-0.2, 0) is 16.0 Å². The highest BCUT2D eigenvalue weighted by Gasteiger charge is 2.25. The molecule has 1 aromatic carbocycles. The number of hydrogen-bond donors (Lipinski definition) is 1. The fourth-order valence-corrected chi connectivity index (χ4v) is 2.88. The van der Waals surface area contributed by atoms with Gasteiger partial charge in [0, 0.05) is 37.7 Å². The van der Waals surface area contributed by atoms with E-state index in [1.807, 2.05) is 29.2 Å². The molecule has 0 radical (unpaired) electrons. The van der Waals surface area contributed by atoms with Crippen LogP contribution in [0.5, 0.6) is 0 Å². The van der Waals surface area contributed by atoms with Crippen LogP contribution in [0.3, 0.4) is 0 Å². The van der Waals surface area contributed by atoms with Gasteiger partial charge in [-0.25, -0.2) is 0 Å². The van der Waals surface area contributed by atoms with E-state index < -0.39 is 0 Å². The number of amides is 1. The Hall–Kier alpha value is -2.32. The predicted octanol–water partition coefficient (Wildman–Crippen LogP) is 3.17. The molecule has 0 saturated heterocycles. The lowest BCUT2D eigenvalue weighted by atomic mass is 10.1. The Labute approximate surface area is 150 Å². The molecule has 1 atom stereocenters. The Bertz CT molecular complexity index is 649. The first-order valence-corrected chi connectivity index (χ1v) is 9.01. The SMILES string of the molecule is CCCCOCCCNC(=O)/C(C#N)=C\N1c2ccccc2CC1C. The molecule has 1 unspecified atom stereocenters. The molecule has 0 saturated carbocycles. The number of unbranched alkanes of at least 4 members (excludes halogenated alkanes) is 1. The summed E-state index contributed by atoms with van der Waals surface area (Å²) in [6.07, 6.45) is 5.51. The molecule has 0 spiro atoms. The Morgan fingerprint density at radius 2 is 2.16 bits per heavy atom. The van der Waals surface area contributed by atoms with Gasteiger partial charge in [-0.2, -0.15) is 5.26 Å². The van der Waals surface area contributed by atoms with Crippen molar-refractivity contribution in [1.29, 1.82) is 5.26 Å². The summed E-state index contributed by atoms with van der Waals surface area (Å²) >= 11 is 0. The summed E-state index contributed by atoms with van der Waals surface area (Å²) in [6.45, 7) is 6.12. The zero-order valence-corrected chi connectivity index (χ0v) is 15.1. The number of anilines is 1. The molecule has 5 nitrogen and oxygen atoms in total. The molecule has 0 aliphatic carbocycles. The summed E-state index contributed by atoms with van der Waals surface area (Å²) in [5, 5.41) is 12.2. The first-order chi connectivity index (χ1) is 12.2. The van der Waals surface area contributed by atoms with E-state index in [1.54, 1.807) is 6.20 Å². The van der Waals surface area contributed by atoms with Crippen molar-refractivity contribution in [3.63, 3.8) is 0 Å². The lowest BCUT2D eigenvalue weighted by Gasteiger charge is -2.20. The average molecular weight is 341 g/mol. The van der Waals surface area contributed by atoms with Crippen LogP contribution in [0, 0.1) is 11.3 Å². The van der Waals surface area contributed by atoms with Crippen molar-refractivity contribution in [1.82, 2.24) is 5.32 Å². The molecule has 1 heterocycles. The second-order valence-electron chi connectivity index (χ2n) is 6.32. The lowest BCUT2D eigenvalue weighted by Crippen LogP contribution is -2.29. The van der Waals surface area contributed by atoms with Crippen LogP contribution in [0.15, 0.2) is 36.0 Å². The van der Waals surface area contributed by atoms with E-state index in [0.717, 1.165) is 38.0 Å². The smallest absolute Gasteiger partial charge is 0.263 e. The molecule has 5 heteroatoms. The van der Waals surface area contributed by atoms with Crippen LogP contribution >= 0.6 is 0 Å². The third-order valence-corrected chi connectivity index (χ3v) is 4.29. The summed E-state index contributed by atoms with van der Waals surface area (Å²) < 4.78 is 5.46. The van der Waals surface area contributed by atoms with E-state index in [2.05, 4.69) is 25.2 Å². The molecule has 134 valence electrons. The maximum atomic E-state index is 12.2. The molecule has 0 aromatic heterocycles. The number of nitrogens with zero attached hydrogens (tertiary/aromatic N) is 2. The van der Waals surface area contributed by atoms with Gasteiger partial charge in [0.1, 0.15) is 11.6 Å². The molecule has 0 bridgehead atoms. The number of rotatable bonds is 9. The molecule has 25 heavy (non-hydrogen) atoms. The van der Waals surface area contributed by atoms with Crippen LogP contribution in [0.2, 0.25) is 0 Å². The van der Waals surface area contributed by atoms with E-state index in [-0.39, 0.29) is 17.5 Å². The topological polar surface area (TPSA) is 65.4 Å². The van der Waals surface area contributed by atoms with Crippen LogP contribution in [0.1, 0.15) is 38.7 Å². The molecular formula is C20H27N3O2. The van der Waals surface area contributed by atoms with Gasteiger partial charge in [0.05, 0.1) is 0 Å². The highest BCUT2D eigenvalue weighted by atomic mass is 16.5. The van der Waals surface area contributed by atoms with Crippen molar-refractivity contribution < 1.29 is 9.53 Å². The van der Waals surface area contributed by atoms with Gasteiger partial charge in [-0.1, -0.05) is 31.5 Å². The third kappa shape index (κ3) is 5.33. The van der Waals surface area contributed by atoms with Gasteiger partial charge in [-0.15, -0.1) is 0 Å². The maximum Gasteiger partial charge on any atom is 0.263 e. The lowest BCUT2D eigenvalue weighted by molar-refractivity contribution is -0.117. The molecule has 1 amide bonds. The van der Waals surface area contributed by atoms with Crippen molar-refractivity contribution in [2.75, 3.05) is 24.7 Å². The van der Waals surface area contributed by atoms with Gasteiger partial charge >= 0.3 is 0 Å². The van der Waals surface area contributed by atoms with Crippen molar-refractivity contribution >= 4 is 11.6 Å². The number of nitrogens with one attached hydrogen (secondary N) is 1. The van der Waals surface area contributed by atoms with E-state index in [4.69, 9.17) is 4.74 Å². The largest absolute Gasteiger partial charge is 0.381 e. The quantitative estimate of drug-likeness (QED) is 0.426. The number of nitriles is 1. The third-order valence-electron chi connectivity index (χ3n) is 4.29. The summed E-state index contributed by atoms with van der Waals surface area (Å²) in [4.78, 5) is 14.3. The minimum absolute atomic E-state index is 0.135. The monoisotopic (exact) mass is 341 g/mol. The Morgan fingerprint density at radius 3 is 2.92 bits per heavy atom. The first kappa shape index (κ1) is 19.0. The Balaban J connectivity index is 1.88. The van der Waals surface area contributed by atoms with E-state index in [0.29, 0.717) is 13.2 Å². The Morgan fingerprint density at radius 1 is 1.40 bits per heavy atom. The van der Waals surface area contributed by atoms with Crippen molar-refractivity contribution in [2.24, 2.45) is 0 Å². The minimum Gasteiger partial charge on any atom is -0.381 e. The molecule has 1 aliphatic rings. The molecule has 1 aliphatic heterocycles. The fraction of sp³-hybridized carbons (Fsp3) is 0.500. The number of fused-ring (bicyclic) bond motifs is 1. The average Bonchev–Trinajstić information content (AvgIpc) is 2.93. The van der Waals surface area contributed by atoms with Gasteiger partial charge in [0.15, 0.2) is 0 Å². The van der Waals surface area contributed by atoms with Crippen molar-refractivity contribution in [2.45, 2.75) is 45.6 Å². The second kappa shape index (κ2) is 9.85. The Kier molecular flexibility index (Phi) is 7.49. The summed E-state index contributed by atoms with van der Waals surface area (Å²) in [5.74, 6) is -0.326. The standard InChI is InChI=1S/C20H27N3O2/c1-3-4-11-25-12-7-10-22-20(24)18(14-21)15-23-16(2)13-17-8-5-6-9-19(17)23/h5-6,8-9,15-16H,3-4,7,10-13H2,1-2H3,(H,22,24)/b18-15-. The highest BCUT2D eigenvalue weighted by molar-refractivity contribution is 5.97. The second-order valence-corrected chi connectivity index (χ2v) is 6.32.